The molecule has 0 bridgehead atoms. The minimum atomic E-state index is 0.240. The molecule has 0 aliphatic rings. The molecule has 0 fully saturated rings. The van der Waals surface area contributed by atoms with Gasteiger partial charge in [-0.2, -0.15) is 4.98 Å². The number of hydrogen-bond donors (Lipinski definition) is 2. The third-order valence-electron chi connectivity index (χ3n) is 3.33. The SMILES string of the molecule is CCCC(CCO)CNc1nc2cccc(C)n2n1. The third kappa shape index (κ3) is 3.44. The highest BCUT2D eigenvalue weighted by Gasteiger charge is 2.09. The number of rotatable bonds is 7. The summed E-state index contributed by atoms with van der Waals surface area (Å²) in [7, 11) is 0. The van der Waals surface area contributed by atoms with E-state index in [1.807, 2.05) is 29.6 Å². The summed E-state index contributed by atoms with van der Waals surface area (Å²) in [6.45, 7) is 5.22. The number of aromatic nitrogens is 3. The summed E-state index contributed by atoms with van der Waals surface area (Å²) in [4.78, 5) is 4.44. The van der Waals surface area contributed by atoms with Crippen LogP contribution in [0.5, 0.6) is 0 Å². The molecule has 0 aliphatic carbocycles. The third-order valence-corrected chi connectivity index (χ3v) is 3.33. The van der Waals surface area contributed by atoms with Crippen molar-refractivity contribution < 1.29 is 5.11 Å². The summed E-state index contributed by atoms with van der Waals surface area (Å²) in [6.07, 6.45) is 3.07. The molecule has 2 aromatic rings. The first kappa shape index (κ1) is 13.8. The van der Waals surface area contributed by atoms with E-state index in [9.17, 15) is 0 Å². The number of aliphatic hydroxyl groups is 1. The van der Waals surface area contributed by atoms with Gasteiger partial charge in [0, 0.05) is 18.8 Å². The fraction of sp³-hybridized carbons (Fsp3) is 0.571. The van der Waals surface area contributed by atoms with E-state index in [-0.39, 0.29) is 6.61 Å². The normalized spacial score (nSPS) is 12.8. The first-order chi connectivity index (χ1) is 9.24. The van der Waals surface area contributed by atoms with Crippen molar-refractivity contribution in [3.05, 3.63) is 23.9 Å². The Morgan fingerprint density at radius 2 is 2.21 bits per heavy atom. The fourth-order valence-corrected chi connectivity index (χ4v) is 2.29. The van der Waals surface area contributed by atoms with Crippen LogP contribution in [0.3, 0.4) is 0 Å². The van der Waals surface area contributed by atoms with Crippen molar-refractivity contribution in [3.8, 4) is 0 Å². The molecule has 0 aliphatic heterocycles. The van der Waals surface area contributed by atoms with Crippen LogP contribution in [0.2, 0.25) is 0 Å². The lowest BCUT2D eigenvalue weighted by Crippen LogP contribution is -2.16. The van der Waals surface area contributed by atoms with Gasteiger partial charge in [-0.25, -0.2) is 4.52 Å². The van der Waals surface area contributed by atoms with E-state index in [0.717, 1.165) is 37.1 Å². The predicted molar refractivity (Wildman–Crippen MR) is 76.3 cm³/mol. The Morgan fingerprint density at radius 1 is 1.37 bits per heavy atom. The molecular weight excluding hydrogens is 240 g/mol. The Kier molecular flexibility index (Phi) is 4.74. The molecule has 5 nitrogen and oxygen atoms in total. The van der Waals surface area contributed by atoms with E-state index >= 15 is 0 Å². The predicted octanol–water partition coefficient (Wildman–Crippen LogP) is 2.25. The van der Waals surface area contributed by atoms with Crippen molar-refractivity contribution >= 4 is 11.6 Å². The average molecular weight is 262 g/mol. The van der Waals surface area contributed by atoms with E-state index in [4.69, 9.17) is 5.11 Å². The Balaban J connectivity index is 2.02. The second-order valence-electron chi connectivity index (χ2n) is 4.92. The number of aryl methyl sites for hydroxylation is 1. The summed E-state index contributed by atoms with van der Waals surface area (Å²) in [5.41, 5.74) is 1.93. The molecule has 2 N–H and O–H groups in total. The summed E-state index contributed by atoms with van der Waals surface area (Å²) < 4.78 is 1.84. The molecule has 5 heteroatoms. The topological polar surface area (TPSA) is 62.5 Å². The molecule has 0 spiro atoms. The molecule has 0 aromatic carbocycles. The van der Waals surface area contributed by atoms with Crippen molar-refractivity contribution in [2.45, 2.75) is 33.1 Å². The zero-order valence-corrected chi connectivity index (χ0v) is 11.6. The molecule has 1 atom stereocenters. The van der Waals surface area contributed by atoms with Gasteiger partial charge in [0.1, 0.15) is 0 Å². The van der Waals surface area contributed by atoms with Crippen LogP contribution in [0.25, 0.3) is 5.65 Å². The van der Waals surface area contributed by atoms with E-state index in [2.05, 4.69) is 22.3 Å². The number of nitrogens with zero attached hydrogens (tertiary/aromatic N) is 3. The Labute approximate surface area is 113 Å². The molecule has 2 rings (SSSR count). The quantitative estimate of drug-likeness (QED) is 0.803. The van der Waals surface area contributed by atoms with Crippen LogP contribution >= 0.6 is 0 Å². The van der Waals surface area contributed by atoms with Gasteiger partial charge in [0.2, 0.25) is 5.95 Å². The second kappa shape index (κ2) is 6.52. The number of pyridine rings is 1. The molecule has 0 saturated carbocycles. The molecule has 19 heavy (non-hydrogen) atoms. The van der Waals surface area contributed by atoms with Crippen LogP contribution < -0.4 is 5.32 Å². The van der Waals surface area contributed by atoms with Gasteiger partial charge >= 0.3 is 0 Å². The van der Waals surface area contributed by atoms with Crippen LogP contribution in [0.15, 0.2) is 18.2 Å². The number of anilines is 1. The molecule has 1 unspecified atom stereocenters. The van der Waals surface area contributed by atoms with Gasteiger partial charge < -0.3 is 10.4 Å². The van der Waals surface area contributed by atoms with Gasteiger partial charge in [-0.05, 0) is 37.8 Å². The summed E-state index contributed by atoms with van der Waals surface area (Å²) in [6, 6.07) is 5.94. The van der Waals surface area contributed by atoms with Crippen LogP contribution in [-0.2, 0) is 0 Å². The maximum Gasteiger partial charge on any atom is 0.243 e. The molecule has 2 aromatic heterocycles. The second-order valence-corrected chi connectivity index (χ2v) is 4.92. The van der Waals surface area contributed by atoms with Crippen molar-refractivity contribution in [1.29, 1.82) is 0 Å². The Hall–Kier alpha value is -1.62. The van der Waals surface area contributed by atoms with Crippen molar-refractivity contribution in [3.63, 3.8) is 0 Å². The Morgan fingerprint density at radius 3 is 2.89 bits per heavy atom. The molecule has 0 amide bonds. The lowest BCUT2D eigenvalue weighted by molar-refractivity contribution is 0.255. The minimum Gasteiger partial charge on any atom is -0.396 e. The highest BCUT2D eigenvalue weighted by atomic mass is 16.3. The van der Waals surface area contributed by atoms with E-state index in [0.29, 0.717) is 11.9 Å². The standard InChI is InChI=1S/C14H22N4O/c1-3-5-12(8-9-19)10-15-14-16-13-7-4-6-11(2)18(13)17-14/h4,6-7,12,19H,3,5,8-10H2,1-2H3,(H,15,17). The van der Waals surface area contributed by atoms with Crippen LogP contribution in [-0.4, -0.2) is 32.9 Å². The lowest BCUT2D eigenvalue weighted by atomic mass is 10.0. The number of nitrogens with one attached hydrogen (secondary N) is 1. The fourth-order valence-electron chi connectivity index (χ4n) is 2.29. The number of hydrogen-bond acceptors (Lipinski definition) is 4. The molecule has 2 heterocycles. The van der Waals surface area contributed by atoms with Gasteiger partial charge in [-0.1, -0.05) is 19.4 Å². The van der Waals surface area contributed by atoms with E-state index in [1.54, 1.807) is 0 Å². The molecule has 0 radical (unpaired) electrons. The van der Waals surface area contributed by atoms with Crippen molar-refractivity contribution in [1.82, 2.24) is 14.6 Å². The first-order valence-electron chi connectivity index (χ1n) is 6.91. The smallest absolute Gasteiger partial charge is 0.243 e. The van der Waals surface area contributed by atoms with Gasteiger partial charge in [0.25, 0.3) is 0 Å². The largest absolute Gasteiger partial charge is 0.396 e. The van der Waals surface area contributed by atoms with Crippen LogP contribution in [0.1, 0.15) is 31.9 Å². The zero-order chi connectivity index (χ0) is 13.7. The number of aliphatic hydroxyl groups excluding tert-OH is 1. The molecule has 104 valence electrons. The monoisotopic (exact) mass is 262 g/mol. The van der Waals surface area contributed by atoms with Gasteiger partial charge in [0.15, 0.2) is 5.65 Å². The van der Waals surface area contributed by atoms with Gasteiger partial charge in [-0.15, -0.1) is 5.10 Å². The summed E-state index contributed by atoms with van der Waals surface area (Å²) in [5, 5.41) is 16.8. The highest BCUT2D eigenvalue weighted by molar-refractivity contribution is 5.44. The Bertz CT molecular complexity index is 517. The van der Waals surface area contributed by atoms with Gasteiger partial charge in [-0.3, -0.25) is 0 Å². The van der Waals surface area contributed by atoms with E-state index in [1.165, 1.54) is 0 Å². The molecule has 0 saturated heterocycles. The average Bonchev–Trinajstić information content (AvgIpc) is 2.81. The summed E-state index contributed by atoms with van der Waals surface area (Å²) >= 11 is 0. The van der Waals surface area contributed by atoms with Gasteiger partial charge in [0.05, 0.1) is 0 Å². The highest BCUT2D eigenvalue weighted by Crippen LogP contribution is 2.13. The van der Waals surface area contributed by atoms with Crippen LogP contribution in [0.4, 0.5) is 5.95 Å². The first-order valence-corrected chi connectivity index (χ1v) is 6.91. The lowest BCUT2D eigenvalue weighted by Gasteiger charge is -2.14. The van der Waals surface area contributed by atoms with Crippen LogP contribution in [0, 0.1) is 12.8 Å². The van der Waals surface area contributed by atoms with Crippen molar-refractivity contribution in [2.24, 2.45) is 5.92 Å². The van der Waals surface area contributed by atoms with E-state index < -0.39 is 0 Å². The molecular formula is C14H22N4O. The maximum atomic E-state index is 9.05. The number of fused-ring (bicyclic) bond motifs is 1. The maximum absolute atomic E-state index is 9.05. The van der Waals surface area contributed by atoms with Crippen molar-refractivity contribution in [2.75, 3.05) is 18.5 Å². The zero-order valence-electron chi connectivity index (χ0n) is 11.6. The minimum absolute atomic E-state index is 0.240. The summed E-state index contributed by atoms with van der Waals surface area (Å²) in [5.74, 6) is 1.14.